The second kappa shape index (κ2) is 5.23. The van der Waals surface area contributed by atoms with Gasteiger partial charge in [0.2, 0.25) is 5.91 Å². The summed E-state index contributed by atoms with van der Waals surface area (Å²) in [5.74, 6) is -0.280. The number of amides is 1. The molecule has 4 heteroatoms. The molecule has 1 atom stereocenters. The van der Waals surface area contributed by atoms with Crippen LogP contribution in [0, 0.1) is 5.82 Å². The van der Waals surface area contributed by atoms with Crippen molar-refractivity contribution in [2.45, 2.75) is 19.4 Å². The van der Waals surface area contributed by atoms with E-state index in [1.807, 2.05) is 29.2 Å². The Hall–Kier alpha value is -2.62. The summed E-state index contributed by atoms with van der Waals surface area (Å²) in [6.45, 7) is 2.21. The van der Waals surface area contributed by atoms with Crippen molar-refractivity contribution in [2.75, 3.05) is 6.54 Å². The highest BCUT2D eigenvalue weighted by Crippen LogP contribution is 2.38. The third kappa shape index (κ3) is 2.22. The molecule has 4 rings (SSSR count). The zero-order valence-corrected chi connectivity index (χ0v) is 12.8. The molecule has 116 valence electrons. The molecule has 3 aromatic rings. The molecule has 1 aromatic heterocycles. The smallest absolute Gasteiger partial charge is 0.220 e. The molecular weight excluding hydrogens is 291 g/mol. The number of nitrogens with one attached hydrogen (secondary N) is 1. The fourth-order valence-corrected chi connectivity index (χ4v) is 3.60. The largest absolute Gasteiger partial charge is 0.356 e. The van der Waals surface area contributed by atoms with Crippen LogP contribution in [0.2, 0.25) is 0 Å². The number of rotatable bonds is 1. The first-order chi connectivity index (χ1) is 11.1. The van der Waals surface area contributed by atoms with E-state index in [4.69, 9.17) is 0 Å². The number of nitrogens with zero attached hydrogens (tertiary/aromatic N) is 1. The number of benzene rings is 2. The Labute approximate surface area is 133 Å². The number of carbonyl (C=O) groups is 1. The minimum absolute atomic E-state index is 0.00330. The van der Waals surface area contributed by atoms with Crippen LogP contribution >= 0.6 is 0 Å². The highest BCUT2D eigenvalue weighted by atomic mass is 19.1. The molecule has 0 fully saturated rings. The number of halogens is 1. The molecule has 2 aromatic carbocycles. The maximum absolute atomic E-state index is 13.7. The van der Waals surface area contributed by atoms with Gasteiger partial charge in [-0.05, 0) is 35.7 Å². The quantitative estimate of drug-likeness (QED) is 0.729. The summed E-state index contributed by atoms with van der Waals surface area (Å²) < 4.78 is 13.7. The molecule has 3 nitrogen and oxygen atoms in total. The summed E-state index contributed by atoms with van der Waals surface area (Å²) in [6, 6.07) is 14.4. The first-order valence-electron chi connectivity index (χ1n) is 7.77. The topological polar surface area (TPSA) is 36.1 Å². The van der Waals surface area contributed by atoms with Crippen molar-refractivity contribution in [3.05, 3.63) is 71.2 Å². The zero-order valence-electron chi connectivity index (χ0n) is 12.8. The van der Waals surface area contributed by atoms with E-state index in [-0.39, 0.29) is 17.8 Å². The number of aromatic nitrogens is 1. The van der Waals surface area contributed by atoms with Gasteiger partial charge in [-0.1, -0.05) is 30.3 Å². The molecular formula is C19H17FN2O. The third-order valence-corrected chi connectivity index (χ3v) is 4.60. The van der Waals surface area contributed by atoms with E-state index < -0.39 is 0 Å². The van der Waals surface area contributed by atoms with E-state index in [9.17, 15) is 9.18 Å². The lowest BCUT2D eigenvalue weighted by Gasteiger charge is -2.35. The summed E-state index contributed by atoms with van der Waals surface area (Å²) >= 11 is 0. The Kier molecular flexibility index (Phi) is 3.18. The molecule has 2 heterocycles. The van der Waals surface area contributed by atoms with Crippen molar-refractivity contribution in [1.82, 2.24) is 9.88 Å². The Bertz CT molecular complexity index is 899. The number of H-pyrrole nitrogens is 1. The van der Waals surface area contributed by atoms with Crippen LogP contribution < -0.4 is 0 Å². The Morgan fingerprint density at radius 2 is 2.04 bits per heavy atom. The molecule has 0 saturated carbocycles. The minimum atomic E-state index is -0.283. The third-order valence-electron chi connectivity index (χ3n) is 4.60. The first-order valence-corrected chi connectivity index (χ1v) is 7.77. The lowest BCUT2D eigenvalue weighted by molar-refractivity contribution is -0.130. The van der Waals surface area contributed by atoms with Crippen LogP contribution in [-0.2, 0) is 11.2 Å². The standard InChI is InChI=1S/C19H17FN2O/c1-12(23)22-10-9-16-15-7-2-3-8-17(15)21-18(16)19(22)13-5-4-6-14(20)11-13/h2-8,11,19,21H,9-10H2,1H3/t19-/m0/s1. The van der Waals surface area contributed by atoms with E-state index in [1.54, 1.807) is 13.0 Å². The molecule has 1 amide bonds. The molecule has 1 aliphatic rings. The van der Waals surface area contributed by atoms with Crippen molar-refractivity contribution < 1.29 is 9.18 Å². The van der Waals surface area contributed by atoms with Crippen LogP contribution in [0.25, 0.3) is 10.9 Å². The molecule has 0 aliphatic carbocycles. The number of fused-ring (bicyclic) bond motifs is 3. The maximum Gasteiger partial charge on any atom is 0.220 e. The average molecular weight is 308 g/mol. The van der Waals surface area contributed by atoms with Gasteiger partial charge in [0.25, 0.3) is 0 Å². The van der Waals surface area contributed by atoms with Crippen molar-refractivity contribution in [2.24, 2.45) is 0 Å². The first kappa shape index (κ1) is 14.0. The molecule has 0 bridgehead atoms. The highest BCUT2D eigenvalue weighted by Gasteiger charge is 2.33. The van der Waals surface area contributed by atoms with Gasteiger partial charge in [0.05, 0.1) is 6.04 Å². The monoisotopic (exact) mass is 308 g/mol. The summed E-state index contributed by atoms with van der Waals surface area (Å²) in [5, 5.41) is 1.19. The van der Waals surface area contributed by atoms with Crippen LogP contribution in [0.15, 0.2) is 48.5 Å². The van der Waals surface area contributed by atoms with Crippen LogP contribution in [0.1, 0.15) is 29.8 Å². The predicted molar refractivity (Wildman–Crippen MR) is 87.6 cm³/mol. The fraction of sp³-hybridized carbons (Fsp3) is 0.211. The van der Waals surface area contributed by atoms with Crippen LogP contribution in [0.3, 0.4) is 0 Å². The summed E-state index contributed by atoms with van der Waals surface area (Å²) in [5.41, 5.74) is 4.09. The van der Waals surface area contributed by atoms with E-state index in [1.165, 1.54) is 23.1 Å². The van der Waals surface area contributed by atoms with Crippen molar-refractivity contribution in [3.63, 3.8) is 0 Å². The van der Waals surface area contributed by atoms with E-state index in [0.717, 1.165) is 23.2 Å². The normalized spacial score (nSPS) is 17.3. The number of carbonyl (C=O) groups excluding carboxylic acids is 1. The highest BCUT2D eigenvalue weighted by molar-refractivity contribution is 5.86. The van der Waals surface area contributed by atoms with Crippen molar-refractivity contribution in [3.8, 4) is 0 Å². The Morgan fingerprint density at radius 3 is 2.83 bits per heavy atom. The molecule has 0 saturated heterocycles. The predicted octanol–water partition coefficient (Wildman–Crippen LogP) is 3.80. The average Bonchev–Trinajstić information content (AvgIpc) is 2.92. The van der Waals surface area contributed by atoms with Crippen LogP contribution in [-0.4, -0.2) is 22.3 Å². The molecule has 0 spiro atoms. The van der Waals surface area contributed by atoms with Gasteiger partial charge in [0.15, 0.2) is 0 Å². The van der Waals surface area contributed by atoms with Gasteiger partial charge in [-0.15, -0.1) is 0 Å². The van der Waals surface area contributed by atoms with Gasteiger partial charge in [0.1, 0.15) is 5.82 Å². The van der Waals surface area contributed by atoms with Gasteiger partial charge in [-0.2, -0.15) is 0 Å². The van der Waals surface area contributed by atoms with Gasteiger partial charge >= 0.3 is 0 Å². The number of hydrogen-bond donors (Lipinski definition) is 1. The fourth-order valence-electron chi connectivity index (χ4n) is 3.60. The Balaban J connectivity index is 1.95. The van der Waals surface area contributed by atoms with Gasteiger partial charge in [-0.25, -0.2) is 4.39 Å². The second-order valence-corrected chi connectivity index (χ2v) is 5.98. The van der Waals surface area contributed by atoms with Gasteiger partial charge < -0.3 is 9.88 Å². The van der Waals surface area contributed by atoms with Crippen LogP contribution in [0.5, 0.6) is 0 Å². The van der Waals surface area contributed by atoms with Crippen molar-refractivity contribution >= 4 is 16.8 Å². The van der Waals surface area contributed by atoms with Crippen molar-refractivity contribution in [1.29, 1.82) is 0 Å². The summed E-state index contributed by atoms with van der Waals surface area (Å²) in [7, 11) is 0. The molecule has 1 N–H and O–H groups in total. The van der Waals surface area contributed by atoms with Gasteiger partial charge in [0, 0.05) is 30.1 Å². The Morgan fingerprint density at radius 1 is 1.22 bits per heavy atom. The lowest BCUT2D eigenvalue weighted by Crippen LogP contribution is -2.39. The van der Waals surface area contributed by atoms with Gasteiger partial charge in [-0.3, -0.25) is 4.79 Å². The lowest BCUT2D eigenvalue weighted by atomic mass is 9.92. The molecule has 1 aliphatic heterocycles. The molecule has 0 unspecified atom stereocenters. The van der Waals surface area contributed by atoms with E-state index in [2.05, 4.69) is 11.1 Å². The molecule has 23 heavy (non-hydrogen) atoms. The van der Waals surface area contributed by atoms with E-state index >= 15 is 0 Å². The summed E-state index contributed by atoms with van der Waals surface area (Å²) in [6.07, 6.45) is 0.810. The SMILES string of the molecule is CC(=O)N1CCc2c([nH]c3ccccc23)[C@@H]1c1cccc(F)c1. The minimum Gasteiger partial charge on any atom is -0.356 e. The van der Waals surface area contributed by atoms with Crippen LogP contribution in [0.4, 0.5) is 4.39 Å². The number of para-hydroxylation sites is 1. The zero-order chi connectivity index (χ0) is 16.0. The van der Waals surface area contributed by atoms with E-state index in [0.29, 0.717) is 6.54 Å². The molecule has 0 radical (unpaired) electrons. The second-order valence-electron chi connectivity index (χ2n) is 5.98. The summed E-state index contributed by atoms with van der Waals surface area (Å²) in [4.78, 5) is 17.4. The number of aromatic amines is 1. The number of hydrogen-bond acceptors (Lipinski definition) is 1. The maximum atomic E-state index is 13.7.